The molecule has 0 saturated heterocycles. The van der Waals surface area contributed by atoms with Crippen LogP contribution in [0.1, 0.15) is 27.0 Å². The van der Waals surface area contributed by atoms with Crippen LogP contribution in [0.3, 0.4) is 0 Å². The minimum Gasteiger partial charge on any atom is -0.289 e. The number of carbonyl (C=O) groups excluding carboxylic acids is 1. The lowest BCUT2D eigenvalue weighted by atomic mass is 9.96. The molecule has 0 bridgehead atoms. The Bertz CT molecular complexity index is 1520. The van der Waals surface area contributed by atoms with Gasteiger partial charge in [0.1, 0.15) is 0 Å². The smallest absolute Gasteiger partial charge is 0.193 e. The van der Waals surface area contributed by atoms with Crippen LogP contribution in [0.4, 0.5) is 0 Å². The zero-order valence-corrected chi connectivity index (χ0v) is 24.1. The van der Waals surface area contributed by atoms with Gasteiger partial charge in [0, 0.05) is 31.0 Å². The number of benzene rings is 5. The summed E-state index contributed by atoms with van der Waals surface area (Å²) in [5.41, 5.74) is 3.61. The van der Waals surface area contributed by atoms with E-state index in [0.29, 0.717) is 5.56 Å². The zero-order chi connectivity index (χ0) is 26.6. The summed E-state index contributed by atoms with van der Waals surface area (Å²) < 4.78 is 0. The van der Waals surface area contributed by atoms with Crippen molar-refractivity contribution < 1.29 is 4.79 Å². The van der Waals surface area contributed by atoms with Gasteiger partial charge in [0.25, 0.3) is 0 Å². The highest BCUT2D eigenvalue weighted by atomic mass is 35.5. The Labute approximate surface area is 241 Å². The molecule has 0 fully saturated rings. The van der Waals surface area contributed by atoms with Crippen LogP contribution in [-0.4, -0.2) is 5.78 Å². The summed E-state index contributed by atoms with van der Waals surface area (Å²) in [5, 5.41) is 1.45. The van der Waals surface area contributed by atoms with E-state index < -0.39 is 0 Å². The van der Waals surface area contributed by atoms with Gasteiger partial charge in [-0.15, -0.1) is 0 Å². The summed E-state index contributed by atoms with van der Waals surface area (Å²) in [5.74, 6) is 0.0588. The van der Waals surface area contributed by atoms with Crippen LogP contribution in [0.25, 0.3) is 0 Å². The van der Waals surface area contributed by atoms with Crippen molar-refractivity contribution in [2.45, 2.75) is 38.3 Å². The molecule has 1 nitrogen and oxygen atoms in total. The van der Waals surface area contributed by atoms with Gasteiger partial charge in [-0.3, -0.25) is 4.79 Å². The first kappa shape index (κ1) is 26.6. The van der Waals surface area contributed by atoms with Gasteiger partial charge in [-0.25, -0.2) is 0 Å². The van der Waals surface area contributed by atoms with Crippen molar-refractivity contribution in [2.24, 2.45) is 0 Å². The van der Waals surface area contributed by atoms with Crippen molar-refractivity contribution in [1.29, 1.82) is 0 Å². The summed E-state index contributed by atoms with van der Waals surface area (Å²) in [6.45, 7) is 4.12. The second kappa shape index (κ2) is 11.8. The number of ketones is 1. The van der Waals surface area contributed by atoms with Crippen LogP contribution in [0.2, 0.25) is 10.0 Å². The van der Waals surface area contributed by atoms with E-state index in [9.17, 15) is 4.79 Å². The van der Waals surface area contributed by atoms with Gasteiger partial charge >= 0.3 is 0 Å². The molecule has 0 saturated carbocycles. The summed E-state index contributed by atoms with van der Waals surface area (Å²) in [4.78, 5) is 18.9. The van der Waals surface area contributed by atoms with E-state index >= 15 is 0 Å². The first-order valence-electron chi connectivity index (χ1n) is 12.1. The fourth-order valence-corrected chi connectivity index (χ4v) is 7.48. The maximum Gasteiger partial charge on any atom is 0.193 e. The van der Waals surface area contributed by atoms with Crippen molar-refractivity contribution >= 4 is 51.6 Å². The van der Waals surface area contributed by atoms with E-state index in [1.54, 1.807) is 11.8 Å². The van der Waals surface area contributed by atoms with Gasteiger partial charge in [0.15, 0.2) is 20.5 Å². The molecule has 5 rings (SSSR count). The lowest BCUT2D eigenvalue weighted by Crippen LogP contribution is -2.05. The standard InChI is InChI=1S/C33H25Cl2OS2/c1-22-23(2)32(21-20-31(22)33(36)24-6-4-3-5-7-24)37-27-12-18-30(19-13-27)38(28-14-8-25(34)9-15-28)29-16-10-26(35)11-17-29/h3-21H,1-2H3/q+1. The highest BCUT2D eigenvalue weighted by Gasteiger charge is 2.28. The molecular weight excluding hydrogens is 547 g/mol. The van der Waals surface area contributed by atoms with E-state index in [1.165, 1.54) is 14.7 Å². The predicted octanol–water partition coefficient (Wildman–Crippen LogP) is 10.1. The Balaban J connectivity index is 1.41. The van der Waals surface area contributed by atoms with Gasteiger partial charge in [-0.1, -0.05) is 65.3 Å². The number of hydrogen-bond acceptors (Lipinski definition) is 2. The van der Waals surface area contributed by atoms with E-state index in [2.05, 4.69) is 61.5 Å². The SMILES string of the molecule is Cc1c(Sc2ccc([S+](c3ccc(Cl)cc3)c3ccc(Cl)cc3)cc2)ccc(C(=O)c2ccccc2)c1C. The normalized spacial score (nSPS) is 11.1. The summed E-state index contributed by atoms with van der Waals surface area (Å²) in [7, 11) is -0.285. The van der Waals surface area contributed by atoms with Crippen LogP contribution in [-0.2, 0) is 10.9 Å². The molecule has 0 aliphatic rings. The fraction of sp³-hybridized carbons (Fsp3) is 0.0606. The largest absolute Gasteiger partial charge is 0.289 e. The topological polar surface area (TPSA) is 17.1 Å². The molecule has 38 heavy (non-hydrogen) atoms. The number of hydrogen-bond donors (Lipinski definition) is 0. The maximum atomic E-state index is 13.0. The van der Waals surface area contributed by atoms with Crippen molar-refractivity contribution in [2.75, 3.05) is 0 Å². The Morgan fingerprint density at radius 2 is 1.11 bits per heavy atom. The highest BCUT2D eigenvalue weighted by molar-refractivity contribution is 7.99. The van der Waals surface area contributed by atoms with Crippen molar-refractivity contribution in [3.05, 3.63) is 148 Å². The molecule has 0 atom stereocenters. The van der Waals surface area contributed by atoms with Crippen LogP contribution in [0.15, 0.2) is 140 Å². The quantitative estimate of drug-likeness (QED) is 0.143. The van der Waals surface area contributed by atoms with Crippen LogP contribution >= 0.6 is 35.0 Å². The lowest BCUT2D eigenvalue weighted by molar-refractivity contribution is 0.103. The molecule has 0 spiro atoms. The molecule has 5 heteroatoms. The van der Waals surface area contributed by atoms with E-state index in [4.69, 9.17) is 23.2 Å². The van der Waals surface area contributed by atoms with Gasteiger partial charge in [-0.2, -0.15) is 0 Å². The van der Waals surface area contributed by atoms with E-state index in [1.807, 2.05) is 67.6 Å². The van der Waals surface area contributed by atoms with Crippen molar-refractivity contribution in [1.82, 2.24) is 0 Å². The number of rotatable bonds is 7. The molecule has 0 aliphatic heterocycles. The monoisotopic (exact) mass is 571 g/mol. The third-order valence-corrected chi connectivity index (χ3v) is 10.3. The molecule has 0 aliphatic carbocycles. The molecule has 0 heterocycles. The van der Waals surface area contributed by atoms with Crippen molar-refractivity contribution in [3.8, 4) is 0 Å². The Morgan fingerprint density at radius 3 is 1.63 bits per heavy atom. The summed E-state index contributed by atoms with van der Waals surface area (Å²) in [6, 6.07) is 38.3. The van der Waals surface area contributed by atoms with Gasteiger partial charge in [-0.05, 0) is 110 Å². The first-order valence-corrected chi connectivity index (χ1v) is 14.9. The highest BCUT2D eigenvalue weighted by Crippen LogP contribution is 2.37. The number of carbonyl (C=O) groups is 1. The molecule has 5 aromatic carbocycles. The summed E-state index contributed by atoms with van der Waals surface area (Å²) in [6.07, 6.45) is 0. The average molecular weight is 573 g/mol. The predicted molar refractivity (Wildman–Crippen MR) is 161 cm³/mol. The lowest BCUT2D eigenvalue weighted by Gasteiger charge is -2.13. The number of halogens is 2. The molecule has 5 aromatic rings. The first-order chi connectivity index (χ1) is 18.4. The Morgan fingerprint density at radius 1 is 0.605 bits per heavy atom. The third-order valence-electron chi connectivity index (χ3n) is 6.40. The summed E-state index contributed by atoms with van der Waals surface area (Å²) >= 11 is 14.1. The van der Waals surface area contributed by atoms with Gasteiger partial charge in [0.2, 0.25) is 0 Å². The minimum absolute atomic E-state index is 0.0588. The molecule has 0 amide bonds. The van der Waals surface area contributed by atoms with Crippen LogP contribution in [0.5, 0.6) is 0 Å². The van der Waals surface area contributed by atoms with E-state index in [0.717, 1.165) is 36.5 Å². The molecular formula is C33H25Cl2OS2+. The van der Waals surface area contributed by atoms with Crippen LogP contribution < -0.4 is 0 Å². The molecule has 0 radical (unpaired) electrons. The second-order valence-electron chi connectivity index (χ2n) is 8.84. The van der Waals surface area contributed by atoms with Gasteiger partial charge < -0.3 is 0 Å². The van der Waals surface area contributed by atoms with Gasteiger partial charge in [0.05, 0.1) is 10.9 Å². The molecule has 188 valence electrons. The minimum atomic E-state index is -0.285. The molecule has 0 unspecified atom stereocenters. The molecule has 0 N–H and O–H groups in total. The van der Waals surface area contributed by atoms with Crippen LogP contribution in [0, 0.1) is 13.8 Å². The Kier molecular flexibility index (Phi) is 8.30. The fourth-order valence-electron chi connectivity index (χ4n) is 4.22. The van der Waals surface area contributed by atoms with E-state index in [-0.39, 0.29) is 16.7 Å². The third kappa shape index (κ3) is 5.87. The van der Waals surface area contributed by atoms with Crippen molar-refractivity contribution in [3.63, 3.8) is 0 Å². The average Bonchev–Trinajstić information content (AvgIpc) is 2.94. The second-order valence-corrected chi connectivity index (χ2v) is 12.9. The molecule has 0 aromatic heterocycles. The maximum absolute atomic E-state index is 13.0. The zero-order valence-electron chi connectivity index (χ0n) is 21.0. The Hall–Kier alpha value is -2.95.